The number of hydrogen-bond acceptors (Lipinski definition) is 4. The highest BCUT2D eigenvalue weighted by Gasteiger charge is 2.28. The van der Waals surface area contributed by atoms with E-state index in [4.69, 9.17) is 9.15 Å². The molecule has 4 heteroatoms. The van der Waals surface area contributed by atoms with Crippen molar-refractivity contribution < 1.29 is 9.15 Å². The summed E-state index contributed by atoms with van der Waals surface area (Å²) in [6, 6.07) is 4.44. The lowest BCUT2D eigenvalue weighted by atomic mass is 9.99. The fourth-order valence-electron chi connectivity index (χ4n) is 4.10. The summed E-state index contributed by atoms with van der Waals surface area (Å²) in [5.74, 6) is 0.906. The predicted molar refractivity (Wildman–Crippen MR) is 89.9 cm³/mol. The van der Waals surface area contributed by atoms with Crippen LogP contribution in [0, 0.1) is 6.92 Å². The number of benzene rings is 1. The molecule has 1 saturated carbocycles. The van der Waals surface area contributed by atoms with Crippen LogP contribution in [0.4, 0.5) is 0 Å². The topological polar surface area (TPSA) is 42.7 Å². The Labute approximate surface area is 136 Å². The van der Waals surface area contributed by atoms with Crippen LogP contribution in [0.3, 0.4) is 0 Å². The first-order valence-corrected chi connectivity index (χ1v) is 8.63. The second-order valence-electron chi connectivity index (χ2n) is 6.77. The van der Waals surface area contributed by atoms with Crippen LogP contribution in [0.5, 0.6) is 5.75 Å². The molecule has 0 spiro atoms. The molecule has 0 bridgehead atoms. The van der Waals surface area contributed by atoms with Crippen molar-refractivity contribution in [1.29, 1.82) is 0 Å². The van der Waals surface area contributed by atoms with Crippen LogP contribution in [0.25, 0.3) is 11.0 Å². The summed E-state index contributed by atoms with van der Waals surface area (Å²) >= 11 is 0. The number of rotatable bonds is 2. The van der Waals surface area contributed by atoms with Gasteiger partial charge in [-0.25, -0.2) is 4.79 Å². The summed E-state index contributed by atoms with van der Waals surface area (Å²) < 4.78 is 11.5. The highest BCUT2D eigenvalue weighted by molar-refractivity contribution is 5.86. The van der Waals surface area contributed by atoms with E-state index in [1.165, 1.54) is 31.2 Å². The lowest BCUT2D eigenvalue weighted by Gasteiger charge is -2.34. The minimum absolute atomic E-state index is 0.277. The molecule has 0 saturated heterocycles. The Kier molecular flexibility index (Phi) is 3.64. The number of ether oxygens (including phenoxy) is 1. The van der Waals surface area contributed by atoms with Gasteiger partial charge in [0.05, 0.1) is 0 Å². The summed E-state index contributed by atoms with van der Waals surface area (Å²) in [7, 11) is 0. The van der Waals surface area contributed by atoms with Crippen LogP contribution < -0.4 is 10.4 Å². The predicted octanol–water partition coefficient (Wildman–Crippen LogP) is 3.76. The van der Waals surface area contributed by atoms with Crippen LogP contribution in [-0.4, -0.2) is 17.7 Å². The lowest BCUT2D eigenvalue weighted by molar-refractivity contribution is 0.0574. The summed E-state index contributed by atoms with van der Waals surface area (Å²) in [5, 5.41) is 1.06. The van der Waals surface area contributed by atoms with Crippen molar-refractivity contribution in [3.8, 4) is 5.75 Å². The maximum Gasteiger partial charge on any atom is 0.336 e. The average molecular weight is 313 g/mol. The van der Waals surface area contributed by atoms with Crippen LogP contribution >= 0.6 is 0 Å². The number of hydrogen-bond donors (Lipinski definition) is 0. The average Bonchev–Trinajstić information content (AvgIpc) is 3.09. The second kappa shape index (κ2) is 5.68. The van der Waals surface area contributed by atoms with E-state index < -0.39 is 0 Å². The van der Waals surface area contributed by atoms with Crippen LogP contribution in [-0.2, 0) is 13.0 Å². The van der Waals surface area contributed by atoms with Crippen molar-refractivity contribution in [2.75, 3.05) is 6.73 Å². The van der Waals surface area contributed by atoms with Gasteiger partial charge in [-0.05, 0) is 37.8 Å². The van der Waals surface area contributed by atoms with Gasteiger partial charge in [-0.3, -0.25) is 4.90 Å². The number of nitrogens with zero attached hydrogens (tertiary/aromatic N) is 1. The van der Waals surface area contributed by atoms with Gasteiger partial charge in [-0.1, -0.05) is 19.8 Å². The minimum atomic E-state index is -0.277. The SMILES string of the molecule is CCc1cc(=O)oc2c(C)c3c(cc12)CN(C1CCCC1)CO3. The smallest absolute Gasteiger partial charge is 0.336 e. The largest absolute Gasteiger partial charge is 0.477 e. The number of aryl methyl sites for hydroxylation is 2. The maximum absolute atomic E-state index is 11.8. The molecule has 4 nitrogen and oxygen atoms in total. The van der Waals surface area contributed by atoms with Gasteiger partial charge in [-0.2, -0.15) is 0 Å². The third-order valence-corrected chi connectivity index (χ3v) is 5.35. The van der Waals surface area contributed by atoms with Crippen molar-refractivity contribution in [2.45, 2.75) is 58.5 Å². The zero-order valence-electron chi connectivity index (χ0n) is 13.9. The maximum atomic E-state index is 11.8. The summed E-state index contributed by atoms with van der Waals surface area (Å²) in [5.41, 5.74) is 3.64. The molecule has 122 valence electrons. The molecule has 1 aliphatic carbocycles. The van der Waals surface area contributed by atoms with Crippen LogP contribution in [0.15, 0.2) is 21.3 Å². The van der Waals surface area contributed by atoms with Crippen molar-refractivity contribution in [1.82, 2.24) is 4.90 Å². The first-order chi connectivity index (χ1) is 11.2. The zero-order chi connectivity index (χ0) is 16.0. The van der Waals surface area contributed by atoms with Crippen molar-refractivity contribution in [2.24, 2.45) is 0 Å². The number of fused-ring (bicyclic) bond motifs is 2. The summed E-state index contributed by atoms with van der Waals surface area (Å²) in [4.78, 5) is 14.2. The Balaban J connectivity index is 1.81. The molecule has 0 unspecified atom stereocenters. The second-order valence-corrected chi connectivity index (χ2v) is 6.77. The molecule has 1 fully saturated rings. The Bertz CT molecular complexity index is 802. The van der Waals surface area contributed by atoms with E-state index in [-0.39, 0.29) is 5.63 Å². The van der Waals surface area contributed by atoms with E-state index in [0.29, 0.717) is 18.4 Å². The molecule has 2 aliphatic rings. The quantitative estimate of drug-likeness (QED) is 0.792. The molecule has 0 atom stereocenters. The molecule has 1 aliphatic heterocycles. The Morgan fingerprint density at radius 3 is 2.78 bits per heavy atom. The lowest BCUT2D eigenvalue weighted by Crippen LogP contribution is -2.39. The fraction of sp³-hybridized carbons (Fsp3) is 0.526. The highest BCUT2D eigenvalue weighted by Crippen LogP contribution is 2.37. The van der Waals surface area contributed by atoms with E-state index in [0.717, 1.165) is 35.2 Å². The Morgan fingerprint density at radius 1 is 1.26 bits per heavy atom. The minimum Gasteiger partial charge on any atom is -0.477 e. The molecule has 0 amide bonds. The Morgan fingerprint density at radius 2 is 2.04 bits per heavy atom. The molecule has 2 heterocycles. The van der Waals surface area contributed by atoms with Crippen molar-refractivity contribution >= 4 is 11.0 Å². The van der Waals surface area contributed by atoms with Gasteiger partial charge in [0.25, 0.3) is 0 Å². The van der Waals surface area contributed by atoms with Gasteiger partial charge in [0.1, 0.15) is 18.1 Å². The standard InChI is InChI=1S/C19H23NO3/c1-3-13-9-17(21)23-19-12(2)18-14(8-16(13)19)10-20(11-22-18)15-6-4-5-7-15/h8-9,15H,3-7,10-11H2,1-2H3. The summed E-state index contributed by atoms with van der Waals surface area (Å²) in [6.45, 7) is 5.64. The van der Waals surface area contributed by atoms with Crippen molar-refractivity contribution in [3.63, 3.8) is 0 Å². The zero-order valence-corrected chi connectivity index (χ0v) is 13.9. The van der Waals surface area contributed by atoms with Crippen molar-refractivity contribution in [3.05, 3.63) is 39.2 Å². The van der Waals surface area contributed by atoms with E-state index >= 15 is 0 Å². The first-order valence-electron chi connectivity index (χ1n) is 8.63. The van der Waals surface area contributed by atoms with E-state index in [1.807, 2.05) is 6.92 Å². The molecule has 1 aromatic carbocycles. The van der Waals surface area contributed by atoms with Gasteiger partial charge in [0, 0.05) is 35.2 Å². The van der Waals surface area contributed by atoms with Gasteiger partial charge >= 0.3 is 5.63 Å². The molecule has 0 radical (unpaired) electrons. The third-order valence-electron chi connectivity index (χ3n) is 5.35. The third kappa shape index (κ3) is 2.45. The monoisotopic (exact) mass is 313 g/mol. The molecular weight excluding hydrogens is 290 g/mol. The Hall–Kier alpha value is -1.81. The molecule has 1 aromatic heterocycles. The highest BCUT2D eigenvalue weighted by atomic mass is 16.5. The van der Waals surface area contributed by atoms with Crippen LogP contribution in [0.2, 0.25) is 0 Å². The first kappa shape index (κ1) is 14.8. The molecule has 0 N–H and O–H groups in total. The normalized spacial score (nSPS) is 19.0. The van der Waals surface area contributed by atoms with Crippen LogP contribution in [0.1, 0.15) is 49.3 Å². The van der Waals surface area contributed by atoms with E-state index in [1.54, 1.807) is 6.07 Å². The molecule has 2 aromatic rings. The fourth-order valence-corrected chi connectivity index (χ4v) is 4.10. The molecule has 4 rings (SSSR count). The van der Waals surface area contributed by atoms with E-state index in [9.17, 15) is 4.79 Å². The summed E-state index contributed by atoms with van der Waals surface area (Å²) in [6.07, 6.45) is 6.04. The van der Waals surface area contributed by atoms with Gasteiger partial charge < -0.3 is 9.15 Å². The van der Waals surface area contributed by atoms with Gasteiger partial charge in [-0.15, -0.1) is 0 Å². The van der Waals surface area contributed by atoms with Gasteiger partial charge in [0.2, 0.25) is 0 Å². The molecule has 23 heavy (non-hydrogen) atoms. The van der Waals surface area contributed by atoms with E-state index in [2.05, 4.69) is 17.9 Å². The molecular formula is C19H23NO3. The van der Waals surface area contributed by atoms with Gasteiger partial charge in [0.15, 0.2) is 0 Å².